The summed E-state index contributed by atoms with van der Waals surface area (Å²) in [5.41, 5.74) is 0.824. The molecule has 11 heavy (non-hydrogen) atoms. The zero-order valence-corrected chi connectivity index (χ0v) is 6.18. The van der Waals surface area contributed by atoms with Crippen LogP contribution in [0, 0.1) is 0 Å². The SMILES string of the molecule is CC1=CN(C(F)F)C(=O)CC1. The largest absolute Gasteiger partial charge is 0.321 e. The zero-order chi connectivity index (χ0) is 8.43. The molecule has 1 amide bonds. The molecule has 0 aromatic carbocycles. The molecule has 1 aliphatic heterocycles. The van der Waals surface area contributed by atoms with Crippen LogP contribution in [-0.2, 0) is 4.79 Å². The highest BCUT2D eigenvalue weighted by Gasteiger charge is 2.23. The highest BCUT2D eigenvalue weighted by molar-refractivity contribution is 5.78. The van der Waals surface area contributed by atoms with Crippen molar-refractivity contribution < 1.29 is 13.6 Å². The Kier molecular flexibility index (Phi) is 2.22. The number of allylic oxidation sites excluding steroid dienone is 1. The number of rotatable bonds is 1. The molecule has 0 spiro atoms. The number of hydrogen-bond acceptors (Lipinski definition) is 1. The van der Waals surface area contributed by atoms with Crippen molar-refractivity contribution in [2.75, 3.05) is 0 Å². The van der Waals surface area contributed by atoms with Crippen LogP contribution in [-0.4, -0.2) is 17.4 Å². The minimum atomic E-state index is -2.70. The van der Waals surface area contributed by atoms with Gasteiger partial charge in [-0.05, 0) is 13.3 Å². The molecule has 0 saturated heterocycles. The molecule has 0 atom stereocenters. The molecule has 0 fully saturated rings. The molecule has 0 radical (unpaired) electrons. The predicted octanol–water partition coefficient (Wildman–Crippen LogP) is 1.74. The number of halogens is 2. The molecule has 1 rings (SSSR count). The molecule has 4 heteroatoms. The summed E-state index contributed by atoms with van der Waals surface area (Å²) < 4.78 is 24.0. The van der Waals surface area contributed by atoms with Gasteiger partial charge in [0.1, 0.15) is 0 Å². The quantitative estimate of drug-likeness (QED) is 0.536. The first-order valence-electron chi connectivity index (χ1n) is 3.38. The van der Waals surface area contributed by atoms with Gasteiger partial charge >= 0.3 is 6.55 Å². The van der Waals surface area contributed by atoms with Crippen LogP contribution >= 0.6 is 0 Å². The smallest absolute Gasteiger partial charge is 0.274 e. The van der Waals surface area contributed by atoms with Crippen molar-refractivity contribution in [3.8, 4) is 0 Å². The first-order chi connectivity index (χ1) is 5.11. The molecule has 1 aliphatic rings. The molecular weight excluding hydrogens is 152 g/mol. The maximum atomic E-state index is 12.0. The standard InChI is InChI=1S/C7H9F2NO/c1-5-2-3-6(11)10(4-5)7(8)9/h4,7H,2-3H2,1H3. The van der Waals surface area contributed by atoms with Crippen LogP contribution in [0.3, 0.4) is 0 Å². The Morgan fingerprint density at radius 3 is 2.64 bits per heavy atom. The summed E-state index contributed by atoms with van der Waals surface area (Å²) in [6.45, 7) is -0.959. The van der Waals surface area contributed by atoms with Gasteiger partial charge in [0.2, 0.25) is 5.91 Å². The van der Waals surface area contributed by atoms with E-state index >= 15 is 0 Å². The Hall–Kier alpha value is -0.930. The molecule has 0 aliphatic carbocycles. The first kappa shape index (κ1) is 8.17. The van der Waals surface area contributed by atoms with Gasteiger partial charge in [0.15, 0.2) is 0 Å². The Morgan fingerprint density at radius 2 is 2.18 bits per heavy atom. The molecule has 0 bridgehead atoms. The van der Waals surface area contributed by atoms with E-state index in [9.17, 15) is 13.6 Å². The Balaban J connectivity index is 2.75. The Morgan fingerprint density at radius 1 is 1.55 bits per heavy atom. The third-order valence-electron chi connectivity index (χ3n) is 1.59. The van der Waals surface area contributed by atoms with E-state index in [4.69, 9.17) is 0 Å². The monoisotopic (exact) mass is 161 g/mol. The van der Waals surface area contributed by atoms with Crippen molar-refractivity contribution in [3.63, 3.8) is 0 Å². The van der Waals surface area contributed by atoms with Crippen LogP contribution in [0.25, 0.3) is 0 Å². The van der Waals surface area contributed by atoms with Crippen LogP contribution in [0.15, 0.2) is 11.8 Å². The number of nitrogens with zero attached hydrogens (tertiary/aromatic N) is 1. The summed E-state index contributed by atoms with van der Waals surface area (Å²) in [6, 6.07) is 0. The lowest BCUT2D eigenvalue weighted by Gasteiger charge is -2.22. The van der Waals surface area contributed by atoms with E-state index in [2.05, 4.69) is 0 Å². The van der Waals surface area contributed by atoms with E-state index in [1.165, 1.54) is 6.20 Å². The highest BCUT2D eigenvalue weighted by Crippen LogP contribution is 2.18. The highest BCUT2D eigenvalue weighted by atomic mass is 19.3. The van der Waals surface area contributed by atoms with E-state index in [-0.39, 0.29) is 6.42 Å². The fourth-order valence-corrected chi connectivity index (χ4v) is 0.972. The maximum Gasteiger partial charge on any atom is 0.321 e. The normalized spacial score (nSPS) is 19.1. The zero-order valence-electron chi connectivity index (χ0n) is 6.18. The molecule has 62 valence electrons. The van der Waals surface area contributed by atoms with E-state index in [0.29, 0.717) is 11.3 Å². The number of carbonyl (C=O) groups excluding carboxylic acids is 1. The predicted molar refractivity (Wildman–Crippen MR) is 35.8 cm³/mol. The summed E-state index contributed by atoms with van der Waals surface area (Å²) in [4.78, 5) is 11.3. The number of alkyl halides is 2. The Bertz CT molecular complexity index is 201. The molecular formula is C7H9F2NO. The molecule has 0 saturated carbocycles. The number of carbonyl (C=O) groups is 1. The van der Waals surface area contributed by atoms with Gasteiger partial charge in [-0.2, -0.15) is 8.78 Å². The summed E-state index contributed by atoms with van der Waals surface area (Å²) in [6.07, 6.45) is 2.02. The van der Waals surface area contributed by atoms with Crippen molar-refractivity contribution in [2.45, 2.75) is 26.3 Å². The molecule has 0 N–H and O–H groups in total. The van der Waals surface area contributed by atoms with Crippen molar-refractivity contribution in [1.82, 2.24) is 4.90 Å². The summed E-state index contributed by atoms with van der Waals surface area (Å²) in [5.74, 6) is -0.495. The number of hydrogen-bond donors (Lipinski definition) is 0. The van der Waals surface area contributed by atoms with Crippen molar-refractivity contribution in [3.05, 3.63) is 11.8 Å². The van der Waals surface area contributed by atoms with Gasteiger partial charge in [0, 0.05) is 12.6 Å². The molecule has 2 nitrogen and oxygen atoms in total. The van der Waals surface area contributed by atoms with E-state index in [1.54, 1.807) is 6.92 Å². The van der Waals surface area contributed by atoms with E-state index in [1.807, 2.05) is 0 Å². The van der Waals surface area contributed by atoms with Crippen LogP contribution in [0.1, 0.15) is 19.8 Å². The van der Waals surface area contributed by atoms with Gasteiger partial charge in [-0.1, -0.05) is 5.57 Å². The Labute approximate surface area is 63.5 Å². The van der Waals surface area contributed by atoms with Crippen molar-refractivity contribution >= 4 is 5.91 Å². The van der Waals surface area contributed by atoms with Gasteiger partial charge in [0.05, 0.1) is 0 Å². The second-order valence-electron chi connectivity index (χ2n) is 2.55. The van der Waals surface area contributed by atoms with Gasteiger partial charge in [-0.25, -0.2) is 0 Å². The van der Waals surface area contributed by atoms with Gasteiger partial charge < -0.3 is 0 Å². The lowest BCUT2D eigenvalue weighted by atomic mass is 10.1. The first-order valence-corrected chi connectivity index (χ1v) is 3.38. The van der Waals surface area contributed by atoms with Crippen molar-refractivity contribution in [1.29, 1.82) is 0 Å². The summed E-state index contributed by atoms with van der Waals surface area (Å²) in [5, 5.41) is 0. The summed E-state index contributed by atoms with van der Waals surface area (Å²) in [7, 11) is 0. The minimum Gasteiger partial charge on any atom is -0.274 e. The lowest BCUT2D eigenvalue weighted by Crippen LogP contribution is -2.33. The third-order valence-corrected chi connectivity index (χ3v) is 1.59. The van der Waals surface area contributed by atoms with Crippen molar-refractivity contribution in [2.24, 2.45) is 0 Å². The van der Waals surface area contributed by atoms with Gasteiger partial charge in [-0.15, -0.1) is 0 Å². The summed E-state index contributed by atoms with van der Waals surface area (Å²) >= 11 is 0. The maximum absolute atomic E-state index is 12.0. The fraction of sp³-hybridized carbons (Fsp3) is 0.571. The third kappa shape index (κ3) is 1.76. The average molecular weight is 161 g/mol. The molecule has 0 unspecified atom stereocenters. The topological polar surface area (TPSA) is 20.3 Å². The van der Waals surface area contributed by atoms with Crippen LogP contribution in [0.2, 0.25) is 0 Å². The molecule has 0 aromatic heterocycles. The van der Waals surface area contributed by atoms with Gasteiger partial charge in [0.25, 0.3) is 0 Å². The van der Waals surface area contributed by atoms with E-state index < -0.39 is 12.5 Å². The molecule has 0 aromatic rings. The van der Waals surface area contributed by atoms with Crippen LogP contribution in [0.4, 0.5) is 8.78 Å². The minimum absolute atomic E-state index is 0.201. The van der Waals surface area contributed by atoms with Crippen LogP contribution in [0.5, 0.6) is 0 Å². The second-order valence-corrected chi connectivity index (χ2v) is 2.55. The fourth-order valence-electron chi connectivity index (χ4n) is 0.972. The van der Waals surface area contributed by atoms with E-state index in [0.717, 1.165) is 5.57 Å². The average Bonchev–Trinajstić information content (AvgIpc) is 1.94. The number of amides is 1. The second kappa shape index (κ2) is 2.98. The van der Waals surface area contributed by atoms with Gasteiger partial charge in [-0.3, -0.25) is 9.69 Å². The lowest BCUT2D eigenvalue weighted by molar-refractivity contribution is -0.140. The molecule has 1 heterocycles. The van der Waals surface area contributed by atoms with Crippen LogP contribution < -0.4 is 0 Å².